The second-order valence-corrected chi connectivity index (χ2v) is 6.73. The Balaban J connectivity index is 2.00. The molecule has 0 atom stereocenters. The number of hydrogen-bond donors (Lipinski definition) is 1. The Hall–Kier alpha value is -0.960. The molecule has 106 valence electrons. The van der Waals surface area contributed by atoms with Gasteiger partial charge in [0.25, 0.3) is 5.91 Å². The minimum Gasteiger partial charge on any atom is -0.319 e. The van der Waals surface area contributed by atoms with Crippen molar-refractivity contribution < 1.29 is 4.79 Å². The summed E-state index contributed by atoms with van der Waals surface area (Å²) in [6.45, 7) is 0. The number of benzene rings is 2. The Morgan fingerprint density at radius 3 is 2.48 bits per heavy atom. The van der Waals surface area contributed by atoms with Gasteiger partial charge < -0.3 is 5.32 Å². The van der Waals surface area contributed by atoms with Gasteiger partial charge in [0.15, 0.2) is 0 Å². The Morgan fingerprint density at radius 2 is 1.76 bits per heavy atom. The highest BCUT2D eigenvalue weighted by atomic mass is 127. The van der Waals surface area contributed by atoms with Crippen LogP contribution in [0.15, 0.2) is 30.3 Å². The first-order valence-corrected chi connectivity index (χ1v) is 8.30. The average Bonchev–Trinajstić information content (AvgIpc) is 2.93. The smallest absolute Gasteiger partial charge is 0.255 e. The molecule has 1 heterocycles. The third kappa shape index (κ3) is 2.98. The van der Waals surface area contributed by atoms with Gasteiger partial charge in [0, 0.05) is 9.13 Å². The number of hydrogen-bond acceptors (Lipinski definition) is 4. The largest absolute Gasteiger partial charge is 0.319 e. The molecule has 1 N–H and O–H groups in total. The minimum absolute atomic E-state index is 0.259. The van der Waals surface area contributed by atoms with Crippen LogP contribution in [0.25, 0.3) is 11.0 Å². The maximum atomic E-state index is 12.3. The second kappa shape index (κ2) is 6.04. The first-order valence-electron chi connectivity index (χ1n) is 5.73. The molecule has 0 aliphatic rings. The number of rotatable bonds is 2. The molecule has 2 aromatic carbocycles. The van der Waals surface area contributed by atoms with E-state index in [2.05, 4.69) is 36.7 Å². The van der Waals surface area contributed by atoms with Crippen LogP contribution >= 0.6 is 57.5 Å². The van der Waals surface area contributed by atoms with E-state index in [-0.39, 0.29) is 5.91 Å². The normalized spacial score (nSPS) is 10.8. The van der Waals surface area contributed by atoms with Gasteiger partial charge in [-0.25, -0.2) is 0 Å². The number of nitrogens with zero attached hydrogens (tertiary/aromatic N) is 2. The lowest BCUT2D eigenvalue weighted by Crippen LogP contribution is -2.12. The highest BCUT2D eigenvalue weighted by Crippen LogP contribution is 2.35. The van der Waals surface area contributed by atoms with E-state index in [1.165, 1.54) is 0 Å². The SMILES string of the molecule is O=C(Nc1c(Cl)cc(Cl)c2nsnc12)c1ccc(I)cc1. The number of carbonyl (C=O) groups excluding carboxylic acids is 1. The van der Waals surface area contributed by atoms with Crippen molar-refractivity contribution in [1.29, 1.82) is 0 Å². The number of anilines is 1. The van der Waals surface area contributed by atoms with Gasteiger partial charge in [0.1, 0.15) is 11.0 Å². The monoisotopic (exact) mass is 449 g/mol. The molecule has 0 spiro atoms. The summed E-state index contributed by atoms with van der Waals surface area (Å²) in [5.74, 6) is -0.259. The lowest BCUT2D eigenvalue weighted by atomic mass is 10.2. The number of halogens is 3. The van der Waals surface area contributed by atoms with Crippen LogP contribution in [0.2, 0.25) is 10.0 Å². The predicted molar refractivity (Wildman–Crippen MR) is 94.5 cm³/mol. The topological polar surface area (TPSA) is 54.9 Å². The van der Waals surface area contributed by atoms with E-state index in [9.17, 15) is 4.79 Å². The third-order valence-corrected chi connectivity index (χ3v) is 4.62. The summed E-state index contributed by atoms with van der Waals surface area (Å²) < 4.78 is 9.30. The molecule has 8 heteroatoms. The average molecular weight is 450 g/mol. The molecule has 0 saturated carbocycles. The van der Waals surface area contributed by atoms with E-state index in [4.69, 9.17) is 23.2 Å². The number of amides is 1. The van der Waals surface area contributed by atoms with E-state index in [1.54, 1.807) is 18.2 Å². The van der Waals surface area contributed by atoms with Gasteiger partial charge in [-0.3, -0.25) is 4.79 Å². The number of carbonyl (C=O) groups is 1. The molecule has 0 radical (unpaired) electrons. The molecule has 3 rings (SSSR count). The maximum Gasteiger partial charge on any atom is 0.255 e. The van der Waals surface area contributed by atoms with Gasteiger partial charge in [-0.15, -0.1) is 0 Å². The van der Waals surface area contributed by atoms with Gasteiger partial charge in [0.2, 0.25) is 0 Å². The predicted octanol–water partition coefficient (Wildman–Crippen LogP) is 4.86. The summed E-state index contributed by atoms with van der Waals surface area (Å²) in [7, 11) is 0. The molecule has 0 aliphatic heterocycles. The quantitative estimate of drug-likeness (QED) is 0.568. The summed E-state index contributed by atoms with van der Waals surface area (Å²) in [6, 6.07) is 8.77. The fourth-order valence-electron chi connectivity index (χ4n) is 1.78. The van der Waals surface area contributed by atoms with Crippen LogP contribution in [-0.2, 0) is 0 Å². The number of aromatic nitrogens is 2. The molecule has 4 nitrogen and oxygen atoms in total. The Labute approximate surface area is 147 Å². The summed E-state index contributed by atoms with van der Waals surface area (Å²) in [5.41, 5.74) is 1.99. The van der Waals surface area contributed by atoms with Gasteiger partial charge in [-0.05, 0) is 52.9 Å². The minimum atomic E-state index is -0.259. The van der Waals surface area contributed by atoms with Crippen LogP contribution in [0.5, 0.6) is 0 Å². The molecule has 0 aliphatic carbocycles. The maximum absolute atomic E-state index is 12.3. The fourth-order valence-corrected chi connectivity index (χ4v) is 3.30. The molecular weight excluding hydrogens is 444 g/mol. The van der Waals surface area contributed by atoms with Crippen LogP contribution in [-0.4, -0.2) is 14.7 Å². The summed E-state index contributed by atoms with van der Waals surface area (Å²) in [6.07, 6.45) is 0. The van der Waals surface area contributed by atoms with Gasteiger partial charge in [0.05, 0.1) is 27.5 Å². The molecule has 0 bridgehead atoms. The first-order chi connectivity index (χ1) is 10.1. The Bertz CT molecular complexity index is 835. The molecule has 0 saturated heterocycles. The van der Waals surface area contributed by atoms with E-state index in [0.717, 1.165) is 15.3 Å². The zero-order valence-corrected chi connectivity index (χ0v) is 14.7. The second-order valence-electron chi connectivity index (χ2n) is 4.14. The van der Waals surface area contributed by atoms with Crippen molar-refractivity contribution in [1.82, 2.24) is 8.75 Å². The van der Waals surface area contributed by atoms with Crippen molar-refractivity contribution in [2.45, 2.75) is 0 Å². The molecule has 3 aromatic rings. The molecule has 1 aromatic heterocycles. The fraction of sp³-hybridized carbons (Fsp3) is 0. The van der Waals surface area contributed by atoms with Crippen molar-refractivity contribution in [2.75, 3.05) is 5.32 Å². The first kappa shape index (κ1) is 15.0. The summed E-state index contributed by atoms with van der Waals surface area (Å²) in [4.78, 5) is 12.3. The van der Waals surface area contributed by atoms with E-state index < -0.39 is 0 Å². The third-order valence-electron chi connectivity index (χ3n) is 2.79. The molecular formula is C13H6Cl2IN3OS. The van der Waals surface area contributed by atoms with Crippen LogP contribution in [0.1, 0.15) is 10.4 Å². The van der Waals surface area contributed by atoms with Crippen LogP contribution < -0.4 is 5.32 Å². The Morgan fingerprint density at radius 1 is 1.10 bits per heavy atom. The van der Waals surface area contributed by atoms with Crippen LogP contribution in [0.3, 0.4) is 0 Å². The van der Waals surface area contributed by atoms with Gasteiger partial charge >= 0.3 is 0 Å². The van der Waals surface area contributed by atoms with Crippen molar-refractivity contribution >= 4 is 80.1 Å². The van der Waals surface area contributed by atoms with Gasteiger partial charge in [-0.1, -0.05) is 23.2 Å². The van der Waals surface area contributed by atoms with E-state index in [1.807, 2.05) is 12.1 Å². The number of fused-ring (bicyclic) bond motifs is 1. The molecule has 0 fully saturated rings. The summed E-state index contributed by atoms with van der Waals surface area (Å²) in [5, 5.41) is 3.52. The van der Waals surface area contributed by atoms with Crippen molar-refractivity contribution in [3.8, 4) is 0 Å². The van der Waals surface area contributed by atoms with Crippen molar-refractivity contribution in [3.63, 3.8) is 0 Å². The highest BCUT2D eigenvalue weighted by Gasteiger charge is 2.16. The van der Waals surface area contributed by atoms with E-state index >= 15 is 0 Å². The Kier molecular flexibility index (Phi) is 4.30. The summed E-state index contributed by atoms with van der Waals surface area (Å²) >= 11 is 15.4. The highest BCUT2D eigenvalue weighted by molar-refractivity contribution is 14.1. The zero-order chi connectivity index (χ0) is 15.0. The zero-order valence-electron chi connectivity index (χ0n) is 10.2. The van der Waals surface area contributed by atoms with E-state index in [0.29, 0.717) is 32.3 Å². The molecule has 0 unspecified atom stereocenters. The lowest BCUT2D eigenvalue weighted by Gasteiger charge is -2.08. The molecule has 1 amide bonds. The van der Waals surface area contributed by atoms with Gasteiger partial charge in [-0.2, -0.15) is 8.75 Å². The van der Waals surface area contributed by atoms with Crippen molar-refractivity contribution in [3.05, 3.63) is 49.5 Å². The van der Waals surface area contributed by atoms with Crippen molar-refractivity contribution in [2.24, 2.45) is 0 Å². The van der Waals surface area contributed by atoms with Crippen LogP contribution in [0.4, 0.5) is 5.69 Å². The number of nitrogens with one attached hydrogen (secondary N) is 1. The molecule has 21 heavy (non-hydrogen) atoms. The lowest BCUT2D eigenvalue weighted by molar-refractivity contribution is 0.102. The standard InChI is InChI=1S/C13H6Cl2IN3OS/c14-8-5-9(15)11-12(19-21-18-11)10(8)17-13(20)6-1-3-7(16)4-2-6/h1-5H,(H,17,20). The van der Waals surface area contributed by atoms with Crippen LogP contribution in [0, 0.1) is 3.57 Å².